The van der Waals surface area contributed by atoms with Crippen LogP contribution in [0.15, 0.2) is 53.7 Å². The third-order valence-electron chi connectivity index (χ3n) is 6.12. The number of hydrogen-bond acceptors (Lipinski definition) is 6. The number of nitrogens with one attached hydrogen (secondary N) is 3. The normalized spacial score (nSPS) is 19.1. The Bertz CT molecular complexity index is 1050. The molecule has 1 heterocycles. The summed E-state index contributed by atoms with van der Waals surface area (Å²) in [5, 5.41) is 5.61. The Morgan fingerprint density at radius 3 is 2.32 bits per heavy atom. The molecule has 0 saturated heterocycles. The summed E-state index contributed by atoms with van der Waals surface area (Å²) in [6.45, 7) is 2.37. The molecular weight excluding hydrogens is 456 g/mol. The van der Waals surface area contributed by atoms with Gasteiger partial charge < -0.3 is 15.4 Å². The van der Waals surface area contributed by atoms with Crippen molar-refractivity contribution in [3.05, 3.63) is 54.4 Å². The van der Waals surface area contributed by atoms with Gasteiger partial charge in [0.2, 0.25) is 21.8 Å². The van der Waals surface area contributed by atoms with Crippen LogP contribution in [0.4, 0.5) is 0 Å². The Morgan fingerprint density at radius 1 is 1.06 bits per heavy atom. The van der Waals surface area contributed by atoms with Crippen LogP contribution in [-0.2, 0) is 26.2 Å². The van der Waals surface area contributed by atoms with Crippen LogP contribution >= 0.6 is 0 Å². The van der Waals surface area contributed by atoms with Crippen LogP contribution in [0, 0.1) is 11.8 Å². The Balaban J connectivity index is 1.39. The van der Waals surface area contributed by atoms with E-state index in [9.17, 15) is 18.0 Å². The van der Waals surface area contributed by atoms with E-state index >= 15 is 0 Å². The molecule has 1 atom stereocenters. The van der Waals surface area contributed by atoms with Crippen LogP contribution in [0.1, 0.15) is 38.2 Å². The fourth-order valence-electron chi connectivity index (χ4n) is 3.93. The van der Waals surface area contributed by atoms with E-state index in [0.717, 1.165) is 18.4 Å². The molecule has 0 bridgehead atoms. The molecule has 9 nitrogen and oxygen atoms in total. The van der Waals surface area contributed by atoms with Crippen LogP contribution in [-0.4, -0.2) is 44.9 Å². The number of aromatic nitrogens is 1. The number of carbonyl (C=O) groups is 2. The summed E-state index contributed by atoms with van der Waals surface area (Å²) >= 11 is 0. The maximum Gasteiger partial charge on any atom is 0.242 e. The number of nitrogens with zero attached hydrogens (tertiary/aromatic N) is 1. The van der Waals surface area contributed by atoms with E-state index in [4.69, 9.17) is 4.74 Å². The number of hydrogen-bond donors (Lipinski definition) is 3. The molecule has 2 amide bonds. The summed E-state index contributed by atoms with van der Waals surface area (Å²) in [5.41, 5.74) is 0.933. The molecular formula is C24H32N4O5S. The highest BCUT2D eigenvalue weighted by Crippen LogP contribution is 2.29. The lowest BCUT2D eigenvalue weighted by molar-refractivity contribution is -0.131. The summed E-state index contributed by atoms with van der Waals surface area (Å²) in [4.78, 5) is 29.1. The molecule has 0 radical (unpaired) electrons. The number of benzene rings is 1. The lowest BCUT2D eigenvalue weighted by Crippen LogP contribution is -2.47. The number of amides is 2. The molecule has 0 unspecified atom stereocenters. The van der Waals surface area contributed by atoms with Gasteiger partial charge in [-0.15, -0.1) is 0 Å². The molecule has 2 aromatic rings. The van der Waals surface area contributed by atoms with Gasteiger partial charge in [0.15, 0.2) is 0 Å². The molecule has 3 N–H and O–H groups in total. The lowest BCUT2D eigenvalue weighted by Gasteiger charge is -2.28. The first kappa shape index (κ1) is 25.6. The molecule has 184 valence electrons. The Morgan fingerprint density at radius 2 is 1.71 bits per heavy atom. The lowest BCUT2D eigenvalue weighted by atomic mass is 9.81. The second kappa shape index (κ2) is 11.9. The monoisotopic (exact) mass is 488 g/mol. The van der Waals surface area contributed by atoms with Crippen LogP contribution in [0.2, 0.25) is 0 Å². The first-order valence-electron chi connectivity index (χ1n) is 11.4. The first-order valence-corrected chi connectivity index (χ1v) is 12.9. The molecule has 10 heteroatoms. The summed E-state index contributed by atoms with van der Waals surface area (Å²) in [6.07, 6.45) is 6.12. The summed E-state index contributed by atoms with van der Waals surface area (Å²) in [7, 11) is -2.07. The highest BCUT2D eigenvalue weighted by atomic mass is 32.2. The maximum atomic E-state index is 12.6. The van der Waals surface area contributed by atoms with Crippen molar-refractivity contribution in [2.24, 2.45) is 11.8 Å². The van der Waals surface area contributed by atoms with Gasteiger partial charge in [-0.2, -0.15) is 0 Å². The van der Waals surface area contributed by atoms with Crippen molar-refractivity contribution in [3.63, 3.8) is 0 Å². The average molecular weight is 489 g/mol. The van der Waals surface area contributed by atoms with Crippen LogP contribution < -0.4 is 20.1 Å². The van der Waals surface area contributed by atoms with Gasteiger partial charge >= 0.3 is 0 Å². The molecule has 1 aliphatic rings. The third-order valence-corrected chi connectivity index (χ3v) is 7.56. The van der Waals surface area contributed by atoms with Crippen LogP contribution in [0.25, 0.3) is 0 Å². The molecule has 0 aliphatic heterocycles. The highest BCUT2D eigenvalue weighted by Gasteiger charge is 2.29. The van der Waals surface area contributed by atoms with Crippen molar-refractivity contribution in [1.82, 2.24) is 20.3 Å². The Hall–Kier alpha value is -2.98. The van der Waals surface area contributed by atoms with E-state index in [-0.39, 0.29) is 28.5 Å². The molecule has 1 saturated carbocycles. The van der Waals surface area contributed by atoms with Gasteiger partial charge in [0.1, 0.15) is 11.8 Å². The van der Waals surface area contributed by atoms with E-state index in [0.29, 0.717) is 31.7 Å². The Kier molecular flexibility index (Phi) is 9.00. The topological polar surface area (TPSA) is 126 Å². The average Bonchev–Trinajstić information content (AvgIpc) is 2.87. The van der Waals surface area contributed by atoms with E-state index < -0.39 is 16.1 Å². The van der Waals surface area contributed by atoms with E-state index in [1.807, 2.05) is 12.1 Å². The van der Waals surface area contributed by atoms with Crippen molar-refractivity contribution in [2.75, 3.05) is 13.7 Å². The minimum Gasteiger partial charge on any atom is -0.497 e. The number of pyridine rings is 1. The number of ether oxygens (including phenoxy) is 1. The van der Waals surface area contributed by atoms with Crippen molar-refractivity contribution in [1.29, 1.82) is 0 Å². The quantitative estimate of drug-likeness (QED) is 0.470. The zero-order valence-electron chi connectivity index (χ0n) is 19.5. The zero-order chi connectivity index (χ0) is 24.6. The molecule has 3 rings (SSSR count). The number of rotatable bonds is 10. The fourth-order valence-corrected chi connectivity index (χ4v) is 5.05. The second-order valence-electron chi connectivity index (χ2n) is 8.55. The molecule has 1 aromatic carbocycles. The minimum atomic E-state index is -3.60. The predicted molar refractivity (Wildman–Crippen MR) is 127 cm³/mol. The van der Waals surface area contributed by atoms with Crippen LogP contribution in [0.3, 0.4) is 0 Å². The first-order chi connectivity index (χ1) is 16.3. The van der Waals surface area contributed by atoms with Crippen molar-refractivity contribution in [3.8, 4) is 5.75 Å². The number of methoxy groups -OCH3 is 1. The van der Waals surface area contributed by atoms with Gasteiger partial charge in [-0.1, -0.05) is 0 Å². The van der Waals surface area contributed by atoms with Crippen molar-refractivity contribution >= 4 is 21.8 Å². The fraction of sp³-hybridized carbons (Fsp3) is 0.458. The standard InChI is InChI=1S/C24H32N4O5S/c1-17(23(29)26-15-19-11-13-25-14-12-19)28-24(30)20-5-3-18(4-6-20)16-27-34(31,32)22-9-7-21(33-2)8-10-22/h7-14,17-18,20,27H,3-6,15-16H2,1-2H3,(H,26,29)(H,28,30)/t17-,18?,20?/m1/s1. The van der Waals surface area contributed by atoms with Gasteiger partial charge in [-0.3, -0.25) is 14.6 Å². The summed E-state index contributed by atoms with van der Waals surface area (Å²) < 4.78 is 32.8. The van der Waals surface area contributed by atoms with E-state index in [1.54, 1.807) is 31.5 Å². The van der Waals surface area contributed by atoms with Gasteiger partial charge in [0.25, 0.3) is 0 Å². The second-order valence-corrected chi connectivity index (χ2v) is 10.3. The predicted octanol–water partition coefficient (Wildman–Crippen LogP) is 2.00. The SMILES string of the molecule is COc1ccc(S(=O)(=O)NCC2CCC(C(=O)N[C@H](C)C(=O)NCc3ccncc3)CC2)cc1. The third kappa shape index (κ3) is 7.26. The van der Waals surface area contributed by atoms with Gasteiger partial charge in [-0.25, -0.2) is 13.1 Å². The highest BCUT2D eigenvalue weighted by molar-refractivity contribution is 7.89. The van der Waals surface area contributed by atoms with E-state index in [1.165, 1.54) is 19.2 Å². The van der Waals surface area contributed by atoms with Gasteiger partial charge in [0.05, 0.1) is 12.0 Å². The zero-order valence-corrected chi connectivity index (χ0v) is 20.3. The van der Waals surface area contributed by atoms with Crippen molar-refractivity contribution < 1.29 is 22.7 Å². The number of carbonyl (C=O) groups excluding carboxylic acids is 2. The molecule has 1 aliphatic carbocycles. The van der Waals surface area contributed by atoms with Crippen molar-refractivity contribution in [2.45, 2.75) is 50.1 Å². The molecule has 1 aromatic heterocycles. The largest absolute Gasteiger partial charge is 0.497 e. The van der Waals surface area contributed by atoms with Crippen LogP contribution in [0.5, 0.6) is 5.75 Å². The minimum absolute atomic E-state index is 0.135. The molecule has 34 heavy (non-hydrogen) atoms. The Labute approximate surface area is 200 Å². The molecule has 0 spiro atoms. The summed E-state index contributed by atoms with van der Waals surface area (Å²) in [5.74, 6) is 0.203. The molecule has 1 fully saturated rings. The maximum absolute atomic E-state index is 12.6. The van der Waals surface area contributed by atoms with Gasteiger partial charge in [-0.05, 0) is 80.5 Å². The smallest absolute Gasteiger partial charge is 0.242 e. The summed E-state index contributed by atoms with van der Waals surface area (Å²) in [6, 6.07) is 9.24. The van der Waals surface area contributed by atoms with Gasteiger partial charge in [0, 0.05) is 31.4 Å². The number of sulfonamides is 1. The van der Waals surface area contributed by atoms with E-state index in [2.05, 4.69) is 20.3 Å².